The van der Waals surface area contributed by atoms with Crippen LogP contribution in [-0.2, 0) is 4.79 Å². The van der Waals surface area contributed by atoms with Crippen molar-refractivity contribution in [2.45, 2.75) is 26.8 Å². The monoisotopic (exact) mass is 210 g/mol. The van der Waals surface area contributed by atoms with Crippen molar-refractivity contribution in [3.05, 3.63) is 12.7 Å². The number of carbonyl (C=O) groups excluding carboxylic acids is 1. The van der Waals surface area contributed by atoms with Crippen molar-refractivity contribution in [2.24, 2.45) is 5.41 Å². The Kier molecular flexibility index (Phi) is 3.55. The molecule has 1 atom stereocenters. The summed E-state index contributed by atoms with van der Waals surface area (Å²) in [6, 6.07) is 0.426. The van der Waals surface area contributed by atoms with E-state index in [0.717, 1.165) is 19.6 Å². The van der Waals surface area contributed by atoms with Crippen LogP contribution >= 0.6 is 0 Å². The maximum absolute atomic E-state index is 11.5. The van der Waals surface area contributed by atoms with Crippen LogP contribution in [0.4, 0.5) is 0 Å². The number of piperazine rings is 1. The van der Waals surface area contributed by atoms with Gasteiger partial charge in [-0.25, -0.2) is 0 Å². The lowest BCUT2D eigenvalue weighted by Gasteiger charge is -2.45. The predicted octanol–water partition coefficient (Wildman–Crippen LogP) is 1.36. The van der Waals surface area contributed by atoms with Gasteiger partial charge >= 0.3 is 0 Å². The maximum Gasteiger partial charge on any atom is 0.246 e. The van der Waals surface area contributed by atoms with Gasteiger partial charge in [-0.3, -0.25) is 9.69 Å². The van der Waals surface area contributed by atoms with E-state index in [1.165, 1.54) is 6.08 Å². The van der Waals surface area contributed by atoms with Gasteiger partial charge in [0.1, 0.15) is 0 Å². The number of amides is 1. The van der Waals surface area contributed by atoms with Crippen molar-refractivity contribution in [3.8, 4) is 0 Å². The van der Waals surface area contributed by atoms with Crippen LogP contribution in [0.25, 0.3) is 0 Å². The van der Waals surface area contributed by atoms with E-state index in [4.69, 9.17) is 0 Å². The van der Waals surface area contributed by atoms with E-state index < -0.39 is 0 Å². The van der Waals surface area contributed by atoms with Gasteiger partial charge in [0.25, 0.3) is 0 Å². The van der Waals surface area contributed by atoms with E-state index in [9.17, 15) is 4.79 Å². The van der Waals surface area contributed by atoms with Gasteiger partial charge in [-0.05, 0) is 18.5 Å². The second kappa shape index (κ2) is 4.35. The highest BCUT2D eigenvalue weighted by Crippen LogP contribution is 2.26. The zero-order valence-corrected chi connectivity index (χ0v) is 10.3. The van der Waals surface area contributed by atoms with Crippen LogP contribution in [0.2, 0.25) is 0 Å². The maximum atomic E-state index is 11.5. The van der Waals surface area contributed by atoms with Crippen LogP contribution in [0.5, 0.6) is 0 Å². The fraction of sp³-hybridized carbons (Fsp3) is 0.750. The molecule has 0 aliphatic carbocycles. The molecular formula is C12H22N2O. The molecule has 0 aromatic heterocycles. The third-order valence-corrected chi connectivity index (χ3v) is 3.13. The highest BCUT2D eigenvalue weighted by molar-refractivity contribution is 5.87. The lowest BCUT2D eigenvalue weighted by molar-refractivity contribution is -0.129. The highest BCUT2D eigenvalue weighted by atomic mass is 16.2. The van der Waals surface area contributed by atoms with Gasteiger partial charge in [-0.15, -0.1) is 0 Å². The quantitative estimate of drug-likeness (QED) is 0.610. The van der Waals surface area contributed by atoms with Gasteiger partial charge in [0, 0.05) is 25.7 Å². The Morgan fingerprint density at radius 2 is 2.00 bits per heavy atom. The van der Waals surface area contributed by atoms with Crippen LogP contribution in [0.1, 0.15) is 20.8 Å². The zero-order valence-electron chi connectivity index (χ0n) is 10.3. The zero-order chi connectivity index (χ0) is 11.6. The van der Waals surface area contributed by atoms with E-state index in [0.29, 0.717) is 6.04 Å². The average molecular weight is 210 g/mol. The molecule has 0 N–H and O–H groups in total. The largest absolute Gasteiger partial charge is 0.336 e. The molecule has 1 unspecified atom stereocenters. The Labute approximate surface area is 92.7 Å². The van der Waals surface area contributed by atoms with Crippen molar-refractivity contribution in [3.63, 3.8) is 0 Å². The first-order chi connectivity index (χ1) is 6.86. The van der Waals surface area contributed by atoms with Crippen LogP contribution in [0.3, 0.4) is 0 Å². The number of rotatable bonds is 1. The van der Waals surface area contributed by atoms with Crippen molar-refractivity contribution < 1.29 is 4.79 Å². The van der Waals surface area contributed by atoms with Gasteiger partial charge in [0.15, 0.2) is 0 Å². The fourth-order valence-corrected chi connectivity index (χ4v) is 2.14. The molecule has 86 valence electrons. The second-order valence-corrected chi connectivity index (χ2v) is 5.35. The van der Waals surface area contributed by atoms with Crippen LogP contribution in [-0.4, -0.2) is 48.4 Å². The summed E-state index contributed by atoms with van der Waals surface area (Å²) in [6.07, 6.45) is 1.41. The number of carbonyl (C=O) groups is 1. The van der Waals surface area contributed by atoms with Crippen LogP contribution in [0, 0.1) is 5.41 Å². The van der Waals surface area contributed by atoms with E-state index in [1.54, 1.807) is 0 Å². The molecule has 3 nitrogen and oxygen atoms in total. The normalized spacial score (nSPS) is 24.0. The number of hydrogen-bond donors (Lipinski definition) is 0. The number of likely N-dealkylation sites (N-methyl/N-ethyl adjacent to an activating group) is 1. The molecule has 1 amide bonds. The molecule has 3 heteroatoms. The topological polar surface area (TPSA) is 23.6 Å². The summed E-state index contributed by atoms with van der Waals surface area (Å²) in [5.74, 6) is 0.0531. The number of nitrogens with zero attached hydrogens (tertiary/aromatic N) is 2. The molecule has 1 fully saturated rings. The third-order valence-electron chi connectivity index (χ3n) is 3.13. The number of hydrogen-bond acceptors (Lipinski definition) is 2. The van der Waals surface area contributed by atoms with Gasteiger partial charge in [-0.1, -0.05) is 27.4 Å². The lowest BCUT2D eigenvalue weighted by Crippen LogP contribution is -2.57. The van der Waals surface area contributed by atoms with Crippen LogP contribution in [0.15, 0.2) is 12.7 Å². The molecule has 1 aliphatic heterocycles. The minimum Gasteiger partial charge on any atom is -0.336 e. The van der Waals surface area contributed by atoms with Crippen molar-refractivity contribution in [1.29, 1.82) is 0 Å². The smallest absolute Gasteiger partial charge is 0.246 e. The second-order valence-electron chi connectivity index (χ2n) is 5.35. The molecule has 1 saturated heterocycles. The molecule has 0 spiro atoms. The molecule has 0 saturated carbocycles. The Bertz CT molecular complexity index is 255. The highest BCUT2D eigenvalue weighted by Gasteiger charge is 2.34. The van der Waals surface area contributed by atoms with E-state index >= 15 is 0 Å². The van der Waals surface area contributed by atoms with Gasteiger partial charge in [-0.2, -0.15) is 0 Å². The summed E-state index contributed by atoms with van der Waals surface area (Å²) < 4.78 is 0. The Balaban J connectivity index is 2.72. The SMILES string of the molecule is C=CC(=O)N1CCN(C)C(C(C)(C)C)C1. The Morgan fingerprint density at radius 3 is 2.47 bits per heavy atom. The van der Waals surface area contributed by atoms with E-state index in [2.05, 4.69) is 39.3 Å². The molecule has 15 heavy (non-hydrogen) atoms. The van der Waals surface area contributed by atoms with E-state index in [-0.39, 0.29) is 11.3 Å². The molecule has 0 aromatic rings. The predicted molar refractivity (Wildman–Crippen MR) is 62.7 cm³/mol. The van der Waals surface area contributed by atoms with Gasteiger partial charge in [0.2, 0.25) is 5.91 Å². The standard InChI is InChI=1S/C12H22N2O/c1-6-11(15)14-8-7-13(5)10(9-14)12(2,3)4/h6,10H,1,7-9H2,2-5H3. The summed E-state index contributed by atoms with van der Waals surface area (Å²) in [5.41, 5.74) is 0.203. The first-order valence-corrected chi connectivity index (χ1v) is 5.48. The molecule has 1 rings (SSSR count). The van der Waals surface area contributed by atoms with Gasteiger partial charge in [0.05, 0.1) is 0 Å². The molecule has 0 bridgehead atoms. The minimum atomic E-state index is 0.0531. The average Bonchev–Trinajstić information content (AvgIpc) is 2.15. The lowest BCUT2D eigenvalue weighted by atomic mass is 9.84. The fourth-order valence-electron chi connectivity index (χ4n) is 2.14. The Hall–Kier alpha value is -0.830. The summed E-state index contributed by atoms with van der Waals surface area (Å²) >= 11 is 0. The molecular weight excluding hydrogens is 188 g/mol. The summed E-state index contributed by atoms with van der Waals surface area (Å²) in [5, 5.41) is 0. The summed E-state index contributed by atoms with van der Waals surface area (Å²) in [7, 11) is 2.13. The van der Waals surface area contributed by atoms with Crippen molar-refractivity contribution in [1.82, 2.24) is 9.80 Å². The van der Waals surface area contributed by atoms with E-state index in [1.807, 2.05) is 4.90 Å². The third kappa shape index (κ3) is 2.81. The summed E-state index contributed by atoms with van der Waals surface area (Å²) in [4.78, 5) is 15.8. The first kappa shape index (κ1) is 12.2. The minimum absolute atomic E-state index is 0.0531. The first-order valence-electron chi connectivity index (χ1n) is 5.48. The molecule has 0 aromatic carbocycles. The Morgan fingerprint density at radius 1 is 1.40 bits per heavy atom. The van der Waals surface area contributed by atoms with Crippen LogP contribution < -0.4 is 0 Å². The summed E-state index contributed by atoms with van der Waals surface area (Å²) in [6.45, 7) is 12.8. The van der Waals surface area contributed by atoms with Gasteiger partial charge < -0.3 is 4.90 Å². The van der Waals surface area contributed by atoms with Crippen molar-refractivity contribution in [2.75, 3.05) is 26.7 Å². The van der Waals surface area contributed by atoms with Crippen molar-refractivity contribution >= 4 is 5.91 Å². The molecule has 0 radical (unpaired) electrons. The molecule has 1 aliphatic rings. The molecule has 1 heterocycles.